The number of nitrogens with zero attached hydrogens (tertiary/aromatic N) is 2. The Bertz CT molecular complexity index is 576. The maximum Gasteiger partial charge on any atom is 0.242 e. The monoisotopic (exact) mass is 400 g/mol. The molecule has 3 N–H and O–H groups in total. The van der Waals surface area contributed by atoms with Crippen molar-refractivity contribution < 1.29 is 19.2 Å². The molecule has 152 valence electrons. The second kappa shape index (κ2) is 9.50. The second-order valence-corrected chi connectivity index (χ2v) is 7.52. The summed E-state index contributed by atoms with van der Waals surface area (Å²) < 4.78 is 0. The van der Waals surface area contributed by atoms with Crippen LogP contribution in [0, 0.1) is 17.8 Å². The molecule has 0 aromatic carbocycles. The SMILES string of the molecule is Cl.NCCNC(=O)C1CCCN(C(=O)CN2C(=O)C3CCCCC3C2=O)C1. The third-order valence-electron chi connectivity index (χ3n) is 5.81. The lowest BCUT2D eigenvalue weighted by Crippen LogP contribution is -2.49. The topological polar surface area (TPSA) is 113 Å². The van der Waals surface area contributed by atoms with Gasteiger partial charge in [-0.05, 0) is 25.7 Å². The van der Waals surface area contributed by atoms with Crippen LogP contribution in [0.3, 0.4) is 0 Å². The number of carbonyl (C=O) groups is 4. The van der Waals surface area contributed by atoms with Gasteiger partial charge in [-0.1, -0.05) is 12.8 Å². The lowest BCUT2D eigenvalue weighted by molar-refractivity contribution is -0.148. The molecule has 2 heterocycles. The maximum absolute atomic E-state index is 12.7. The molecule has 2 aliphatic heterocycles. The number of fused-ring (bicyclic) bond motifs is 1. The molecule has 1 aliphatic carbocycles. The fourth-order valence-electron chi connectivity index (χ4n) is 4.38. The predicted molar refractivity (Wildman–Crippen MR) is 101 cm³/mol. The summed E-state index contributed by atoms with van der Waals surface area (Å²) >= 11 is 0. The number of halogens is 1. The van der Waals surface area contributed by atoms with Crippen LogP contribution in [0.25, 0.3) is 0 Å². The summed E-state index contributed by atoms with van der Waals surface area (Å²) in [6.45, 7) is 1.49. The first kappa shape index (κ1) is 21.6. The van der Waals surface area contributed by atoms with E-state index >= 15 is 0 Å². The third kappa shape index (κ3) is 4.60. The highest BCUT2D eigenvalue weighted by Crippen LogP contribution is 2.37. The number of nitrogens with one attached hydrogen (secondary N) is 1. The Balaban J connectivity index is 0.00000261. The Morgan fingerprint density at radius 3 is 2.26 bits per heavy atom. The van der Waals surface area contributed by atoms with E-state index in [0.29, 0.717) is 26.2 Å². The molecule has 3 atom stereocenters. The zero-order chi connectivity index (χ0) is 18.7. The quantitative estimate of drug-likeness (QED) is 0.625. The Morgan fingerprint density at radius 2 is 1.67 bits per heavy atom. The summed E-state index contributed by atoms with van der Waals surface area (Å²) in [4.78, 5) is 52.6. The van der Waals surface area contributed by atoms with Crippen LogP contribution in [0.4, 0.5) is 0 Å². The molecule has 3 fully saturated rings. The Hall–Kier alpha value is -1.67. The van der Waals surface area contributed by atoms with Gasteiger partial charge in [0.1, 0.15) is 6.54 Å². The lowest BCUT2D eigenvalue weighted by atomic mass is 9.81. The van der Waals surface area contributed by atoms with Crippen molar-refractivity contribution in [2.45, 2.75) is 38.5 Å². The number of hydrogen-bond acceptors (Lipinski definition) is 5. The fourth-order valence-corrected chi connectivity index (χ4v) is 4.38. The van der Waals surface area contributed by atoms with Gasteiger partial charge in [0, 0.05) is 26.2 Å². The van der Waals surface area contributed by atoms with E-state index < -0.39 is 0 Å². The molecule has 3 unspecified atom stereocenters. The standard InChI is InChI=1S/C18H28N4O4.ClH/c19-7-8-20-16(24)12-4-3-9-21(10-12)15(23)11-22-17(25)13-5-1-2-6-14(13)18(22)26;/h12-14H,1-11,19H2,(H,20,24);1H. The number of hydrogen-bond donors (Lipinski definition) is 2. The van der Waals surface area contributed by atoms with Gasteiger partial charge in [-0.3, -0.25) is 24.1 Å². The maximum atomic E-state index is 12.7. The number of amides is 4. The summed E-state index contributed by atoms with van der Waals surface area (Å²) in [5, 5.41) is 2.76. The number of piperidine rings is 1. The summed E-state index contributed by atoms with van der Waals surface area (Å²) in [6.07, 6.45) is 4.88. The number of likely N-dealkylation sites (tertiary alicyclic amines) is 2. The summed E-state index contributed by atoms with van der Waals surface area (Å²) in [5.74, 6) is -1.45. The molecule has 1 saturated carbocycles. The van der Waals surface area contributed by atoms with Crippen molar-refractivity contribution >= 4 is 36.0 Å². The van der Waals surface area contributed by atoms with Gasteiger partial charge < -0.3 is 16.0 Å². The molecule has 8 nitrogen and oxygen atoms in total. The van der Waals surface area contributed by atoms with Gasteiger partial charge in [-0.15, -0.1) is 12.4 Å². The number of nitrogens with two attached hydrogens (primary N) is 1. The van der Waals surface area contributed by atoms with E-state index in [1.54, 1.807) is 4.90 Å². The highest BCUT2D eigenvalue weighted by atomic mass is 35.5. The summed E-state index contributed by atoms with van der Waals surface area (Å²) in [7, 11) is 0. The van der Waals surface area contributed by atoms with Gasteiger partial charge in [0.25, 0.3) is 0 Å². The molecule has 0 spiro atoms. The third-order valence-corrected chi connectivity index (χ3v) is 5.81. The van der Waals surface area contributed by atoms with Crippen LogP contribution < -0.4 is 11.1 Å². The van der Waals surface area contributed by atoms with E-state index in [1.807, 2.05) is 0 Å². The van der Waals surface area contributed by atoms with Gasteiger partial charge in [0.2, 0.25) is 23.6 Å². The molecule has 0 bridgehead atoms. The first-order valence-electron chi connectivity index (χ1n) is 9.63. The number of imide groups is 1. The minimum atomic E-state index is -0.258. The zero-order valence-corrected chi connectivity index (χ0v) is 16.3. The first-order valence-corrected chi connectivity index (χ1v) is 9.63. The highest BCUT2D eigenvalue weighted by molar-refractivity contribution is 6.07. The largest absolute Gasteiger partial charge is 0.355 e. The molecule has 27 heavy (non-hydrogen) atoms. The Labute approximate surface area is 165 Å². The molecule has 3 aliphatic rings. The van der Waals surface area contributed by atoms with Crippen molar-refractivity contribution in [1.82, 2.24) is 15.1 Å². The second-order valence-electron chi connectivity index (χ2n) is 7.52. The Kier molecular flexibility index (Phi) is 7.61. The van der Waals surface area contributed by atoms with Crippen LogP contribution in [0.15, 0.2) is 0 Å². The van der Waals surface area contributed by atoms with Gasteiger partial charge in [-0.2, -0.15) is 0 Å². The first-order chi connectivity index (χ1) is 12.5. The van der Waals surface area contributed by atoms with Crippen molar-refractivity contribution in [1.29, 1.82) is 0 Å². The van der Waals surface area contributed by atoms with Crippen molar-refractivity contribution in [2.75, 3.05) is 32.7 Å². The summed E-state index contributed by atoms with van der Waals surface area (Å²) in [6, 6.07) is 0. The molecular weight excluding hydrogens is 372 g/mol. The normalized spacial score (nSPS) is 27.8. The van der Waals surface area contributed by atoms with Crippen LogP contribution in [0.5, 0.6) is 0 Å². The van der Waals surface area contributed by atoms with Crippen molar-refractivity contribution in [3.63, 3.8) is 0 Å². The molecule has 9 heteroatoms. The van der Waals surface area contributed by atoms with Crippen LogP contribution in [-0.2, 0) is 19.2 Å². The van der Waals surface area contributed by atoms with E-state index in [9.17, 15) is 19.2 Å². The lowest BCUT2D eigenvalue weighted by Gasteiger charge is -2.33. The van der Waals surface area contributed by atoms with E-state index in [4.69, 9.17) is 5.73 Å². The van der Waals surface area contributed by atoms with Gasteiger partial charge in [-0.25, -0.2) is 0 Å². The van der Waals surface area contributed by atoms with Gasteiger partial charge in [0.05, 0.1) is 17.8 Å². The van der Waals surface area contributed by atoms with Crippen LogP contribution in [-0.4, -0.2) is 66.2 Å². The number of rotatable bonds is 5. The molecule has 0 radical (unpaired) electrons. The molecule has 3 rings (SSSR count). The van der Waals surface area contributed by atoms with E-state index in [-0.39, 0.29) is 60.3 Å². The Morgan fingerprint density at radius 1 is 1.04 bits per heavy atom. The molecular formula is C18H29ClN4O4. The minimum absolute atomic E-state index is 0. The molecule has 2 saturated heterocycles. The van der Waals surface area contributed by atoms with Crippen LogP contribution >= 0.6 is 12.4 Å². The van der Waals surface area contributed by atoms with Crippen molar-refractivity contribution in [3.8, 4) is 0 Å². The van der Waals surface area contributed by atoms with E-state index in [1.165, 1.54) is 0 Å². The van der Waals surface area contributed by atoms with Crippen molar-refractivity contribution in [3.05, 3.63) is 0 Å². The van der Waals surface area contributed by atoms with E-state index in [2.05, 4.69) is 5.32 Å². The zero-order valence-electron chi connectivity index (χ0n) is 15.5. The molecule has 0 aromatic rings. The van der Waals surface area contributed by atoms with E-state index in [0.717, 1.165) is 43.4 Å². The highest BCUT2D eigenvalue weighted by Gasteiger charge is 2.48. The predicted octanol–water partition coefficient (Wildman–Crippen LogP) is -0.103. The molecule has 4 amide bonds. The van der Waals surface area contributed by atoms with Crippen LogP contribution in [0.2, 0.25) is 0 Å². The summed E-state index contributed by atoms with van der Waals surface area (Å²) in [5.41, 5.74) is 5.40. The van der Waals surface area contributed by atoms with Crippen LogP contribution in [0.1, 0.15) is 38.5 Å². The smallest absolute Gasteiger partial charge is 0.242 e. The molecule has 0 aromatic heterocycles. The van der Waals surface area contributed by atoms with Gasteiger partial charge >= 0.3 is 0 Å². The fraction of sp³-hybridized carbons (Fsp3) is 0.778. The average molecular weight is 401 g/mol. The average Bonchev–Trinajstić information content (AvgIpc) is 2.91. The van der Waals surface area contributed by atoms with Gasteiger partial charge in [0.15, 0.2) is 0 Å². The van der Waals surface area contributed by atoms with Crippen molar-refractivity contribution in [2.24, 2.45) is 23.5 Å². The number of carbonyl (C=O) groups excluding carboxylic acids is 4. The minimum Gasteiger partial charge on any atom is -0.355 e.